The molecule has 0 radical (unpaired) electrons. The first-order valence-corrected chi connectivity index (χ1v) is 9.98. The molecule has 15 nitrogen and oxygen atoms in total. The minimum absolute atomic E-state index is 0.00151. The first-order chi connectivity index (χ1) is 16.3. The monoisotopic (exact) mass is 465 g/mol. The summed E-state index contributed by atoms with van der Waals surface area (Å²) >= 11 is 0. The average molecular weight is 465 g/mol. The number of hydrazone groups is 1. The van der Waals surface area contributed by atoms with Crippen molar-refractivity contribution < 1.29 is 14.3 Å². The van der Waals surface area contributed by atoms with Crippen LogP contribution in [-0.4, -0.2) is 52.1 Å². The van der Waals surface area contributed by atoms with Crippen LogP contribution in [0.2, 0.25) is 0 Å². The molecule has 4 rings (SSSR count). The van der Waals surface area contributed by atoms with Gasteiger partial charge in [-0.15, -0.1) is 5.10 Å². The Kier molecular flexibility index (Phi) is 5.82. The summed E-state index contributed by atoms with van der Waals surface area (Å²) in [5, 5.41) is 34.5. The normalized spacial score (nSPS) is 11.3. The van der Waals surface area contributed by atoms with Crippen molar-refractivity contribution in [2.24, 2.45) is 5.10 Å². The van der Waals surface area contributed by atoms with E-state index in [0.29, 0.717) is 12.1 Å². The van der Waals surface area contributed by atoms with E-state index in [-0.39, 0.29) is 28.7 Å². The van der Waals surface area contributed by atoms with Crippen LogP contribution in [0, 0.1) is 24.0 Å². The molecule has 174 valence electrons. The number of amides is 1. The number of nitro benzene ring substituents is 1. The fourth-order valence-corrected chi connectivity index (χ4v) is 3.33. The van der Waals surface area contributed by atoms with E-state index in [1.807, 2.05) is 25.5 Å². The van der Waals surface area contributed by atoms with Crippen molar-refractivity contribution in [1.29, 1.82) is 0 Å². The zero-order valence-corrected chi connectivity index (χ0v) is 18.3. The molecule has 0 unspecified atom stereocenters. The summed E-state index contributed by atoms with van der Waals surface area (Å²) in [6.45, 7) is 6.43. The highest BCUT2D eigenvalue weighted by molar-refractivity contribution is 5.99. The van der Waals surface area contributed by atoms with E-state index in [2.05, 4.69) is 40.9 Å². The number of nitrogens with two attached hydrogens (primary N) is 1. The molecule has 4 aromatic rings. The van der Waals surface area contributed by atoms with Crippen molar-refractivity contribution in [3.63, 3.8) is 0 Å². The van der Waals surface area contributed by atoms with Crippen LogP contribution < -0.4 is 11.2 Å². The van der Waals surface area contributed by atoms with E-state index in [1.165, 1.54) is 30.5 Å². The summed E-state index contributed by atoms with van der Waals surface area (Å²) < 4.78 is 7.61. The highest BCUT2D eigenvalue weighted by Crippen LogP contribution is 2.28. The Hall–Kier alpha value is -4.95. The zero-order valence-electron chi connectivity index (χ0n) is 18.3. The Morgan fingerprint density at radius 2 is 2.03 bits per heavy atom. The SMILES string of the molecule is CCn1nc(C)c(C=NNC(=O)c2nnn(-c3nonc3N)c2-c2ccc([N+](=O)[O-])cc2)c1C. The van der Waals surface area contributed by atoms with Gasteiger partial charge in [-0.1, -0.05) is 5.21 Å². The topological polar surface area (TPSA) is 198 Å². The number of hydrogen-bond donors (Lipinski definition) is 2. The van der Waals surface area contributed by atoms with Crippen LogP contribution in [0.15, 0.2) is 34.0 Å². The van der Waals surface area contributed by atoms with Gasteiger partial charge < -0.3 is 5.73 Å². The van der Waals surface area contributed by atoms with Gasteiger partial charge in [0, 0.05) is 35.5 Å². The quantitative estimate of drug-likeness (QED) is 0.228. The van der Waals surface area contributed by atoms with Crippen LogP contribution >= 0.6 is 0 Å². The number of non-ortho nitro benzene ring substituents is 1. The van der Waals surface area contributed by atoms with Gasteiger partial charge >= 0.3 is 0 Å². The molecule has 3 heterocycles. The van der Waals surface area contributed by atoms with E-state index in [0.717, 1.165) is 21.6 Å². The number of nitrogens with zero attached hydrogens (tertiary/aromatic N) is 9. The molecule has 3 N–H and O–H groups in total. The van der Waals surface area contributed by atoms with E-state index in [4.69, 9.17) is 5.73 Å². The van der Waals surface area contributed by atoms with Crippen molar-refractivity contribution in [3.8, 4) is 17.1 Å². The van der Waals surface area contributed by atoms with Crippen molar-refractivity contribution in [2.45, 2.75) is 27.3 Å². The molecule has 0 saturated heterocycles. The number of anilines is 1. The summed E-state index contributed by atoms with van der Waals surface area (Å²) in [6, 6.07) is 5.47. The van der Waals surface area contributed by atoms with Gasteiger partial charge in [-0.2, -0.15) is 14.9 Å². The average Bonchev–Trinajstić information content (AvgIpc) is 3.51. The Morgan fingerprint density at radius 3 is 2.62 bits per heavy atom. The predicted octanol–water partition coefficient (Wildman–Crippen LogP) is 1.40. The van der Waals surface area contributed by atoms with Crippen molar-refractivity contribution in [3.05, 3.63) is 57.0 Å². The molecule has 15 heteroatoms. The second-order valence-corrected chi connectivity index (χ2v) is 7.07. The highest BCUT2D eigenvalue weighted by atomic mass is 16.6. The maximum absolute atomic E-state index is 12.9. The van der Waals surface area contributed by atoms with Gasteiger partial charge in [0.25, 0.3) is 11.6 Å². The smallest absolute Gasteiger partial charge is 0.294 e. The fourth-order valence-electron chi connectivity index (χ4n) is 3.33. The third-order valence-corrected chi connectivity index (χ3v) is 5.03. The van der Waals surface area contributed by atoms with Crippen LogP contribution in [0.3, 0.4) is 0 Å². The number of aryl methyl sites for hydroxylation is 2. The molecule has 0 atom stereocenters. The lowest BCUT2D eigenvalue weighted by Crippen LogP contribution is -2.19. The van der Waals surface area contributed by atoms with Crippen molar-refractivity contribution in [2.75, 3.05) is 5.73 Å². The second kappa shape index (κ2) is 8.89. The molecule has 3 aromatic heterocycles. The van der Waals surface area contributed by atoms with Crippen LogP contribution in [0.5, 0.6) is 0 Å². The minimum Gasteiger partial charge on any atom is -0.378 e. The Labute approximate surface area is 191 Å². The summed E-state index contributed by atoms with van der Waals surface area (Å²) in [7, 11) is 0. The first-order valence-electron chi connectivity index (χ1n) is 9.98. The van der Waals surface area contributed by atoms with Crippen LogP contribution in [0.25, 0.3) is 17.1 Å². The minimum atomic E-state index is -0.677. The first kappa shape index (κ1) is 22.3. The number of nitrogens with one attached hydrogen (secondary N) is 1. The van der Waals surface area contributed by atoms with E-state index in [9.17, 15) is 14.9 Å². The number of benzene rings is 1. The third kappa shape index (κ3) is 3.96. The predicted molar refractivity (Wildman–Crippen MR) is 118 cm³/mol. The fraction of sp³-hybridized carbons (Fsp3) is 0.211. The molecule has 0 bridgehead atoms. The van der Waals surface area contributed by atoms with Crippen LogP contribution in [-0.2, 0) is 6.54 Å². The number of hydrogen-bond acceptors (Lipinski definition) is 11. The summed E-state index contributed by atoms with van der Waals surface area (Å²) in [5.74, 6) is -0.761. The lowest BCUT2D eigenvalue weighted by molar-refractivity contribution is -0.384. The number of carbonyl (C=O) groups is 1. The number of aromatic nitrogens is 7. The molecule has 34 heavy (non-hydrogen) atoms. The number of nitro groups is 1. The van der Waals surface area contributed by atoms with Crippen LogP contribution in [0.1, 0.15) is 34.4 Å². The standard InChI is InChI=1S/C19H19N11O4/c1-4-28-11(3)14(10(2)24-28)9-21-23-19(31)15-16(12-5-7-13(8-6-12)30(32)33)29(27-22-15)18-17(20)25-34-26-18/h5-9H,4H2,1-3H3,(H2,20,25)(H,23,31). The highest BCUT2D eigenvalue weighted by Gasteiger charge is 2.25. The molecule has 1 aromatic carbocycles. The summed E-state index contributed by atoms with van der Waals surface area (Å²) in [5.41, 5.74) is 11.0. The van der Waals surface area contributed by atoms with E-state index in [1.54, 1.807) is 0 Å². The Bertz CT molecular complexity index is 1400. The molecule has 0 aliphatic heterocycles. The van der Waals surface area contributed by atoms with Crippen molar-refractivity contribution >= 4 is 23.6 Å². The van der Waals surface area contributed by atoms with Crippen molar-refractivity contribution in [1.82, 2.24) is 40.5 Å². The molecule has 0 fully saturated rings. The molecule has 0 aliphatic carbocycles. The molecule has 1 amide bonds. The third-order valence-electron chi connectivity index (χ3n) is 5.03. The van der Waals surface area contributed by atoms with Gasteiger partial charge in [0.15, 0.2) is 5.69 Å². The molecule has 0 aliphatic rings. The zero-order chi connectivity index (χ0) is 24.4. The molecule has 0 spiro atoms. The second-order valence-electron chi connectivity index (χ2n) is 7.07. The lowest BCUT2D eigenvalue weighted by Gasteiger charge is -2.05. The van der Waals surface area contributed by atoms with Crippen LogP contribution in [0.4, 0.5) is 11.5 Å². The largest absolute Gasteiger partial charge is 0.378 e. The van der Waals surface area contributed by atoms with Gasteiger partial charge in [-0.25, -0.2) is 10.1 Å². The lowest BCUT2D eigenvalue weighted by atomic mass is 10.1. The maximum atomic E-state index is 12.9. The molecular formula is C19H19N11O4. The van der Waals surface area contributed by atoms with E-state index < -0.39 is 10.8 Å². The number of nitrogen functional groups attached to an aromatic ring is 1. The van der Waals surface area contributed by atoms with Gasteiger partial charge in [0.1, 0.15) is 5.69 Å². The molecule has 0 saturated carbocycles. The van der Waals surface area contributed by atoms with Gasteiger partial charge in [-0.3, -0.25) is 19.6 Å². The molecular weight excluding hydrogens is 446 g/mol. The summed E-state index contributed by atoms with van der Waals surface area (Å²) in [4.78, 5) is 23.4. The number of carbonyl (C=O) groups excluding carboxylic acids is 1. The van der Waals surface area contributed by atoms with E-state index >= 15 is 0 Å². The number of rotatable bonds is 7. The maximum Gasteiger partial charge on any atom is 0.294 e. The van der Waals surface area contributed by atoms with Gasteiger partial charge in [0.2, 0.25) is 11.6 Å². The Balaban J connectivity index is 1.69. The van der Waals surface area contributed by atoms with Gasteiger partial charge in [0.05, 0.1) is 16.8 Å². The Morgan fingerprint density at radius 1 is 1.29 bits per heavy atom. The van der Waals surface area contributed by atoms with Gasteiger partial charge in [-0.05, 0) is 43.2 Å². The summed E-state index contributed by atoms with van der Waals surface area (Å²) in [6.07, 6.45) is 1.50.